The first-order valence-electron chi connectivity index (χ1n) is 12.1. The van der Waals surface area contributed by atoms with Crippen LogP contribution < -0.4 is 29.9 Å². The summed E-state index contributed by atoms with van der Waals surface area (Å²) in [7, 11) is 0. The van der Waals surface area contributed by atoms with Gasteiger partial charge in [-0.15, -0.1) is 0 Å². The van der Waals surface area contributed by atoms with E-state index in [1.807, 2.05) is 18.2 Å². The Kier molecular flexibility index (Phi) is 5.99. The first kappa shape index (κ1) is 21.9. The molecule has 0 unspecified atom stereocenters. The molecule has 0 spiro atoms. The lowest BCUT2D eigenvalue weighted by molar-refractivity contribution is 0.174. The number of anilines is 3. The van der Waals surface area contributed by atoms with Gasteiger partial charge in [0.1, 0.15) is 11.6 Å². The van der Waals surface area contributed by atoms with E-state index in [0.717, 1.165) is 54.9 Å². The monoisotopic (exact) mass is 488 g/mol. The van der Waals surface area contributed by atoms with Crippen molar-refractivity contribution in [2.45, 2.75) is 38.9 Å². The van der Waals surface area contributed by atoms with Gasteiger partial charge in [0.2, 0.25) is 12.7 Å². The number of hydrogen-bond donors (Lipinski definition) is 2. The van der Waals surface area contributed by atoms with Crippen LogP contribution in [0.4, 0.5) is 17.6 Å². The van der Waals surface area contributed by atoms with Crippen LogP contribution in [0.1, 0.15) is 36.0 Å². The van der Waals surface area contributed by atoms with E-state index < -0.39 is 0 Å². The average Bonchev–Trinajstić information content (AvgIpc) is 3.54. The molecule has 1 fully saturated rings. The van der Waals surface area contributed by atoms with Crippen LogP contribution in [0.15, 0.2) is 48.5 Å². The maximum Gasteiger partial charge on any atom is 0.232 e. The molecule has 35 heavy (non-hydrogen) atoms. The maximum atomic E-state index is 5.58. The molecule has 2 aromatic carbocycles. The molecule has 0 saturated carbocycles. The largest absolute Gasteiger partial charge is 0.454 e. The number of nitrogens with one attached hydrogen (secondary N) is 2. The zero-order valence-corrected chi connectivity index (χ0v) is 20.3. The Morgan fingerprint density at radius 2 is 1.57 bits per heavy atom. The lowest BCUT2D eigenvalue weighted by Crippen LogP contribution is -2.32. The van der Waals surface area contributed by atoms with Crippen LogP contribution in [0.25, 0.3) is 0 Å². The smallest absolute Gasteiger partial charge is 0.232 e. The molecule has 2 N–H and O–H groups in total. The van der Waals surface area contributed by atoms with Gasteiger partial charge in [0.05, 0.1) is 0 Å². The fraction of sp³-hybridized carbons (Fsp3) is 0.346. The van der Waals surface area contributed by atoms with Gasteiger partial charge in [-0.25, -0.2) is 0 Å². The fourth-order valence-electron chi connectivity index (χ4n) is 4.80. The molecule has 3 aliphatic rings. The highest BCUT2D eigenvalue weighted by Gasteiger charge is 2.23. The number of hydrogen-bond acceptors (Lipinski definition) is 7. The first-order chi connectivity index (χ1) is 17.2. The summed E-state index contributed by atoms with van der Waals surface area (Å²) in [5.74, 6) is 3.91. The van der Waals surface area contributed by atoms with Gasteiger partial charge >= 0.3 is 0 Å². The van der Waals surface area contributed by atoms with Crippen molar-refractivity contribution in [1.82, 2.24) is 15.3 Å². The Labute approximate surface area is 210 Å². The first-order valence-corrected chi connectivity index (χ1v) is 12.5. The molecule has 1 saturated heterocycles. The standard InChI is InChI=1S/C26H28N6O2S/c35-26(27-14-18-8-9-21-22(12-18)34-17-33-21)30-25-28-23(31-10-4-1-5-11-31)13-24(29-25)32-15-19-6-2-3-7-20(19)16-32/h2-3,6-9,12-13H,1,4-5,10-11,14-17H2,(H2,27,28,29,30,35). The topological polar surface area (TPSA) is 74.8 Å². The molecule has 180 valence electrons. The number of ether oxygens (including phenoxy) is 2. The Bertz CT molecular complexity index is 1220. The minimum Gasteiger partial charge on any atom is -0.454 e. The van der Waals surface area contributed by atoms with Gasteiger partial charge < -0.3 is 29.9 Å². The predicted molar refractivity (Wildman–Crippen MR) is 140 cm³/mol. The summed E-state index contributed by atoms with van der Waals surface area (Å²) < 4.78 is 10.9. The second-order valence-electron chi connectivity index (χ2n) is 9.08. The highest BCUT2D eigenvalue weighted by molar-refractivity contribution is 7.80. The minimum absolute atomic E-state index is 0.265. The van der Waals surface area contributed by atoms with Crippen LogP contribution in [0, 0.1) is 0 Å². The summed E-state index contributed by atoms with van der Waals surface area (Å²) in [6, 6.07) is 16.6. The third kappa shape index (κ3) is 4.81. The summed E-state index contributed by atoms with van der Waals surface area (Å²) in [4.78, 5) is 14.3. The molecule has 0 atom stereocenters. The van der Waals surface area contributed by atoms with Crippen molar-refractivity contribution in [2.75, 3.05) is 35.0 Å². The van der Waals surface area contributed by atoms with Crippen molar-refractivity contribution in [3.63, 3.8) is 0 Å². The summed E-state index contributed by atoms with van der Waals surface area (Å²) in [6.45, 7) is 4.55. The average molecular weight is 489 g/mol. The van der Waals surface area contributed by atoms with E-state index in [4.69, 9.17) is 31.7 Å². The van der Waals surface area contributed by atoms with E-state index in [2.05, 4.69) is 50.8 Å². The lowest BCUT2D eigenvalue weighted by atomic mass is 10.1. The second kappa shape index (κ2) is 9.58. The van der Waals surface area contributed by atoms with Gasteiger partial charge in [-0.3, -0.25) is 0 Å². The minimum atomic E-state index is 0.265. The molecule has 0 aliphatic carbocycles. The predicted octanol–water partition coefficient (Wildman–Crippen LogP) is 4.20. The molecule has 0 bridgehead atoms. The third-order valence-corrected chi connectivity index (χ3v) is 6.91. The number of thiocarbonyl (C=S) groups is 1. The summed E-state index contributed by atoms with van der Waals surface area (Å²) >= 11 is 5.58. The highest BCUT2D eigenvalue weighted by atomic mass is 32.1. The zero-order chi connectivity index (χ0) is 23.6. The second-order valence-corrected chi connectivity index (χ2v) is 9.48. The number of piperidine rings is 1. The van der Waals surface area contributed by atoms with Crippen LogP contribution in [-0.4, -0.2) is 35.0 Å². The van der Waals surface area contributed by atoms with E-state index in [9.17, 15) is 0 Å². The Morgan fingerprint density at radius 3 is 2.34 bits per heavy atom. The van der Waals surface area contributed by atoms with Gasteiger partial charge in [0.15, 0.2) is 16.6 Å². The molecule has 1 aromatic heterocycles. The Morgan fingerprint density at radius 1 is 0.857 bits per heavy atom. The highest BCUT2D eigenvalue weighted by Crippen LogP contribution is 2.33. The molecule has 8 nitrogen and oxygen atoms in total. The SMILES string of the molecule is S=C(NCc1ccc2c(c1)OCO2)Nc1nc(N2CCCCC2)cc(N2Cc3ccccc3C2)n1. The van der Waals surface area contributed by atoms with Crippen molar-refractivity contribution in [1.29, 1.82) is 0 Å². The van der Waals surface area contributed by atoms with Gasteiger partial charge in [-0.05, 0) is 60.3 Å². The van der Waals surface area contributed by atoms with Crippen molar-refractivity contribution in [3.8, 4) is 11.5 Å². The van der Waals surface area contributed by atoms with Crippen LogP contribution in [-0.2, 0) is 19.6 Å². The van der Waals surface area contributed by atoms with E-state index in [-0.39, 0.29) is 6.79 Å². The molecule has 0 amide bonds. The number of aromatic nitrogens is 2. The van der Waals surface area contributed by atoms with E-state index in [1.165, 1.54) is 30.4 Å². The molecule has 3 aliphatic heterocycles. The van der Waals surface area contributed by atoms with Gasteiger partial charge in [-0.1, -0.05) is 30.3 Å². The Hall–Kier alpha value is -3.59. The molecule has 0 radical (unpaired) electrons. The molecular formula is C26H28N6O2S. The molecule has 3 aromatic rings. The zero-order valence-electron chi connectivity index (χ0n) is 19.5. The fourth-order valence-corrected chi connectivity index (χ4v) is 4.96. The van der Waals surface area contributed by atoms with Gasteiger partial charge in [0.25, 0.3) is 0 Å². The molecule has 4 heterocycles. The third-order valence-electron chi connectivity index (χ3n) is 6.66. The number of benzene rings is 2. The normalized spacial score (nSPS) is 16.2. The van der Waals surface area contributed by atoms with Crippen LogP contribution in [0.3, 0.4) is 0 Å². The van der Waals surface area contributed by atoms with Gasteiger partial charge in [-0.2, -0.15) is 9.97 Å². The van der Waals surface area contributed by atoms with E-state index in [0.29, 0.717) is 17.6 Å². The molecule has 9 heteroatoms. The van der Waals surface area contributed by atoms with E-state index >= 15 is 0 Å². The van der Waals surface area contributed by atoms with Crippen LogP contribution >= 0.6 is 12.2 Å². The summed E-state index contributed by atoms with van der Waals surface area (Å²) in [6.07, 6.45) is 3.65. The summed E-state index contributed by atoms with van der Waals surface area (Å²) in [5, 5.41) is 6.96. The number of fused-ring (bicyclic) bond motifs is 2. The van der Waals surface area contributed by atoms with Crippen molar-refractivity contribution < 1.29 is 9.47 Å². The maximum absolute atomic E-state index is 5.58. The van der Waals surface area contributed by atoms with Gasteiger partial charge in [0, 0.05) is 38.8 Å². The summed E-state index contributed by atoms with van der Waals surface area (Å²) in [5.41, 5.74) is 3.75. The van der Waals surface area contributed by atoms with Crippen LogP contribution in [0.2, 0.25) is 0 Å². The number of rotatable bonds is 5. The molecule has 6 rings (SSSR count). The van der Waals surface area contributed by atoms with Crippen molar-refractivity contribution in [2.24, 2.45) is 0 Å². The van der Waals surface area contributed by atoms with E-state index in [1.54, 1.807) is 0 Å². The van der Waals surface area contributed by atoms with Crippen molar-refractivity contribution in [3.05, 3.63) is 65.2 Å². The molecular weight excluding hydrogens is 460 g/mol. The quantitative estimate of drug-likeness (QED) is 0.514. The van der Waals surface area contributed by atoms with Crippen molar-refractivity contribution >= 4 is 34.9 Å². The Balaban J connectivity index is 1.18. The lowest BCUT2D eigenvalue weighted by Gasteiger charge is -2.29. The number of nitrogens with zero attached hydrogens (tertiary/aromatic N) is 4. The van der Waals surface area contributed by atoms with Crippen LogP contribution in [0.5, 0.6) is 11.5 Å².